The third kappa shape index (κ3) is 5.10. The van der Waals surface area contributed by atoms with Crippen LogP contribution in [0.25, 0.3) is 0 Å². The largest absolute Gasteiger partial charge is 0.455 e. The number of hydrogen-bond acceptors (Lipinski definition) is 4. The highest BCUT2D eigenvalue weighted by atomic mass is 19.4. The number of nitrogens with two attached hydrogens (primary N) is 1. The smallest absolute Gasteiger partial charge is 0.406 e. The van der Waals surface area contributed by atoms with E-state index in [0.717, 1.165) is 4.90 Å². The Morgan fingerprint density at radius 2 is 1.90 bits per heavy atom. The van der Waals surface area contributed by atoms with Crippen molar-refractivity contribution in [3.05, 3.63) is 23.7 Å². The van der Waals surface area contributed by atoms with Crippen molar-refractivity contribution in [3.63, 3.8) is 0 Å². The number of halogens is 3. The molecule has 0 aliphatic heterocycles. The molecule has 9 heteroatoms. The molecule has 0 unspecified atom stereocenters. The van der Waals surface area contributed by atoms with Gasteiger partial charge in [0.2, 0.25) is 5.91 Å². The Kier molecular flexibility index (Phi) is 5.36. The van der Waals surface area contributed by atoms with Gasteiger partial charge < -0.3 is 20.0 Å². The van der Waals surface area contributed by atoms with Crippen molar-refractivity contribution < 1.29 is 27.2 Å². The lowest BCUT2D eigenvalue weighted by molar-refractivity contribution is -0.146. The van der Waals surface area contributed by atoms with Crippen LogP contribution in [0.2, 0.25) is 0 Å². The Morgan fingerprint density at radius 3 is 2.33 bits per heavy atom. The van der Waals surface area contributed by atoms with E-state index in [-0.39, 0.29) is 18.1 Å². The van der Waals surface area contributed by atoms with Crippen molar-refractivity contribution in [2.75, 3.05) is 27.2 Å². The minimum Gasteiger partial charge on any atom is -0.455 e. The lowest BCUT2D eigenvalue weighted by Crippen LogP contribution is -2.44. The number of rotatable bonds is 5. The van der Waals surface area contributed by atoms with Crippen LogP contribution in [0.3, 0.4) is 0 Å². The average Bonchev–Trinajstić information content (AvgIpc) is 2.83. The second kappa shape index (κ2) is 6.61. The van der Waals surface area contributed by atoms with Gasteiger partial charge in [-0.15, -0.1) is 0 Å². The summed E-state index contributed by atoms with van der Waals surface area (Å²) in [7, 11) is 2.77. The van der Waals surface area contributed by atoms with Crippen LogP contribution < -0.4 is 5.73 Å². The number of likely N-dealkylation sites (N-methyl/N-ethyl adjacent to an activating group) is 1. The Bertz CT molecular complexity index is 511. The number of carbonyl (C=O) groups excluding carboxylic acids is 2. The van der Waals surface area contributed by atoms with Gasteiger partial charge in [-0.3, -0.25) is 9.59 Å². The van der Waals surface area contributed by atoms with Crippen molar-refractivity contribution in [2.45, 2.75) is 12.7 Å². The van der Waals surface area contributed by atoms with E-state index < -0.39 is 31.1 Å². The predicted octanol–water partition coefficient (Wildman–Crippen LogP) is 0.831. The Hall–Kier alpha value is -2.03. The van der Waals surface area contributed by atoms with Gasteiger partial charge in [-0.05, 0) is 12.1 Å². The Morgan fingerprint density at radius 1 is 1.29 bits per heavy atom. The fourth-order valence-electron chi connectivity index (χ4n) is 1.48. The minimum absolute atomic E-state index is 0.0170. The average molecular weight is 307 g/mol. The van der Waals surface area contributed by atoms with E-state index in [4.69, 9.17) is 10.2 Å². The van der Waals surface area contributed by atoms with Crippen molar-refractivity contribution >= 4 is 11.8 Å². The molecule has 0 atom stereocenters. The van der Waals surface area contributed by atoms with Crippen LogP contribution in [-0.4, -0.2) is 55.0 Å². The molecular weight excluding hydrogens is 291 g/mol. The maximum absolute atomic E-state index is 12.5. The molecule has 0 aliphatic carbocycles. The predicted molar refractivity (Wildman–Crippen MR) is 67.3 cm³/mol. The molecule has 118 valence electrons. The molecule has 0 saturated carbocycles. The van der Waals surface area contributed by atoms with Crippen molar-refractivity contribution in [2.24, 2.45) is 5.73 Å². The molecule has 2 amide bonds. The number of nitrogens with zero attached hydrogens (tertiary/aromatic N) is 2. The number of carbonyl (C=O) groups is 2. The molecule has 6 nitrogen and oxygen atoms in total. The first-order valence-electron chi connectivity index (χ1n) is 5.99. The SMILES string of the molecule is CN(C)C(=O)CN(CC(F)(F)F)C(=O)c1ccc(CN)o1. The summed E-state index contributed by atoms with van der Waals surface area (Å²) in [5, 5.41) is 0. The van der Waals surface area contributed by atoms with Crippen molar-refractivity contribution in [1.82, 2.24) is 9.80 Å². The summed E-state index contributed by atoms with van der Waals surface area (Å²) >= 11 is 0. The molecule has 1 heterocycles. The van der Waals surface area contributed by atoms with E-state index >= 15 is 0 Å². The summed E-state index contributed by atoms with van der Waals surface area (Å²) < 4.78 is 42.6. The van der Waals surface area contributed by atoms with Crippen LogP contribution >= 0.6 is 0 Å². The van der Waals surface area contributed by atoms with E-state index in [1.807, 2.05) is 0 Å². The molecule has 0 fully saturated rings. The molecule has 0 saturated heterocycles. The second-order valence-electron chi connectivity index (χ2n) is 4.53. The minimum atomic E-state index is -4.62. The third-order valence-electron chi connectivity index (χ3n) is 2.56. The maximum Gasteiger partial charge on any atom is 0.406 e. The molecule has 1 rings (SSSR count). The summed E-state index contributed by atoms with van der Waals surface area (Å²) in [5.74, 6) is -1.66. The van der Waals surface area contributed by atoms with Crippen molar-refractivity contribution in [1.29, 1.82) is 0 Å². The van der Waals surface area contributed by atoms with Crippen LogP contribution in [0.4, 0.5) is 13.2 Å². The molecule has 0 radical (unpaired) electrons. The molecule has 1 aromatic heterocycles. The van der Waals surface area contributed by atoms with E-state index in [2.05, 4.69) is 0 Å². The molecule has 1 aromatic rings. The summed E-state index contributed by atoms with van der Waals surface area (Å²) in [4.78, 5) is 25.1. The van der Waals surface area contributed by atoms with E-state index in [0.29, 0.717) is 4.90 Å². The van der Waals surface area contributed by atoms with Gasteiger partial charge in [0.05, 0.1) is 6.54 Å². The van der Waals surface area contributed by atoms with Gasteiger partial charge in [0.1, 0.15) is 18.8 Å². The van der Waals surface area contributed by atoms with Gasteiger partial charge in [0.25, 0.3) is 5.91 Å². The van der Waals surface area contributed by atoms with Gasteiger partial charge in [-0.25, -0.2) is 0 Å². The molecule has 0 aliphatic rings. The lowest BCUT2D eigenvalue weighted by Gasteiger charge is -2.24. The first-order chi connectivity index (χ1) is 9.64. The van der Waals surface area contributed by atoms with Gasteiger partial charge in [-0.1, -0.05) is 0 Å². The molecule has 0 spiro atoms. The zero-order valence-electron chi connectivity index (χ0n) is 11.6. The molecule has 2 N–H and O–H groups in total. The molecule has 21 heavy (non-hydrogen) atoms. The fraction of sp³-hybridized carbons (Fsp3) is 0.500. The zero-order chi connectivity index (χ0) is 16.2. The van der Waals surface area contributed by atoms with E-state index in [9.17, 15) is 22.8 Å². The fourth-order valence-corrected chi connectivity index (χ4v) is 1.48. The topological polar surface area (TPSA) is 79.8 Å². The molecule has 0 aromatic carbocycles. The summed E-state index contributed by atoms with van der Waals surface area (Å²) in [5.41, 5.74) is 5.30. The first-order valence-corrected chi connectivity index (χ1v) is 5.99. The Balaban J connectivity index is 2.93. The number of hydrogen-bond donors (Lipinski definition) is 1. The molecule has 0 bridgehead atoms. The number of amides is 2. The summed E-state index contributed by atoms with van der Waals surface area (Å²) in [6.45, 7) is -2.21. The zero-order valence-corrected chi connectivity index (χ0v) is 11.6. The van der Waals surface area contributed by atoms with Crippen LogP contribution in [-0.2, 0) is 11.3 Å². The van der Waals surface area contributed by atoms with Gasteiger partial charge >= 0.3 is 6.18 Å². The third-order valence-corrected chi connectivity index (χ3v) is 2.56. The van der Waals surface area contributed by atoms with Crippen molar-refractivity contribution in [3.8, 4) is 0 Å². The van der Waals surface area contributed by atoms with Crippen LogP contribution in [0.5, 0.6) is 0 Å². The maximum atomic E-state index is 12.5. The van der Waals surface area contributed by atoms with Gasteiger partial charge in [-0.2, -0.15) is 13.2 Å². The number of furan rings is 1. The lowest BCUT2D eigenvalue weighted by atomic mass is 10.3. The van der Waals surface area contributed by atoms with E-state index in [1.54, 1.807) is 0 Å². The monoisotopic (exact) mass is 307 g/mol. The van der Waals surface area contributed by atoms with Gasteiger partial charge in [0.15, 0.2) is 5.76 Å². The van der Waals surface area contributed by atoms with E-state index in [1.165, 1.54) is 26.2 Å². The van der Waals surface area contributed by atoms with Crippen LogP contribution in [0, 0.1) is 0 Å². The normalized spacial score (nSPS) is 11.3. The highest BCUT2D eigenvalue weighted by Crippen LogP contribution is 2.19. The van der Waals surface area contributed by atoms with Gasteiger partial charge in [0, 0.05) is 14.1 Å². The first kappa shape index (κ1) is 17.0. The highest BCUT2D eigenvalue weighted by Gasteiger charge is 2.35. The number of alkyl halides is 3. The summed E-state index contributed by atoms with van der Waals surface area (Å²) in [6.07, 6.45) is -4.62. The standard InChI is InChI=1S/C12H16F3N3O3/c1-17(2)10(19)6-18(7-12(13,14)15)11(20)9-4-3-8(5-16)21-9/h3-4H,5-7,16H2,1-2H3. The quantitative estimate of drug-likeness (QED) is 0.874. The highest BCUT2D eigenvalue weighted by molar-refractivity contribution is 5.94. The van der Waals surface area contributed by atoms with Crippen LogP contribution in [0.15, 0.2) is 16.5 Å². The van der Waals surface area contributed by atoms with Crippen LogP contribution in [0.1, 0.15) is 16.3 Å². The summed E-state index contributed by atoms with van der Waals surface area (Å²) in [6, 6.07) is 2.63. The molecular formula is C12H16F3N3O3. The Labute approximate surface area is 119 Å². The second-order valence-corrected chi connectivity index (χ2v) is 4.53.